The molecule has 0 heterocycles. The molecule has 0 saturated carbocycles. The van der Waals surface area contributed by atoms with Crippen molar-refractivity contribution in [1.82, 2.24) is 0 Å². The van der Waals surface area contributed by atoms with E-state index in [0.717, 1.165) is 18.6 Å². The first-order valence-electron chi connectivity index (χ1n) is 9.24. The van der Waals surface area contributed by atoms with Gasteiger partial charge in [-0.3, -0.25) is 0 Å². The molecule has 1 aliphatic rings. The maximum absolute atomic E-state index is 6.03. The third kappa shape index (κ3) is 10.3. The minimum atomic E-state index is -0.584. The monoisotopic (exact) mass is 310 g/mol. The maximum atomic E-state index is 6.03. The summed E-state index contributed by atoms with van der Waals surface area (Å²) in [5.41, 5.74) is 0. The van der Waals surface area contributed by atoms with Gasteiger partial charge in [0.05, 0.1) is 5.76 Å². The van der Waals surface area contributed by atoms with E-state index in [1.54, 1.807) is 0 Å². The highest BCUT2D eigenvalue weighted by atomic mass is 16.7. The van der Waals surface area contributed by atoms with Crippen LogP contribution < -0.4 is 0 Å². The third-order valence-electron chi connectivity index (χ3n) is 3.76. The lowest BCUT2D eigenvalue weighted by molar-refractivity contribution is 0.0657. The molecule has 0 bridgehead atoms. The van der Waals surface area contributed by atoms with Crippen molar-refractivity contribution < 1.29 is 14.0 Å². The number of allylic oxidation sites excluding steroid dienone is 2. The van der Waals surface area contributed by atoms with Crippen LogP contribution >= 0.6 is 0 Å². The maximum Gasteiger partial charge on any atom is 0.713 e. The van der Waals surface area contributed by atoms with Crippen LogP contribution in [0.3, 0.4) is 0 Å². The van der Waals surface area contributed by atoms with Crippen LogP contribution in [0.25, 0.3) is 0 Å². The Morgan fingerprint density at radius 1 is 0.773 bits per heavy atom. The fraction of sp³-hybridized carbons (Fsp3) is 0.889. The Morgan fingerprint density at radius 3 is 1.82 bits per heavy atom. The summed E-state index contributed by atoms with van der Waals surface area (Å²) in [5.74, 6) is 1.05. The van der Waals surface area contributed by atoms with Gasteiger partial charge in [-0.25, -0.2) is 0 Å². The van der Waals surface area contributed by atoms with Crippen molar-refractivity contribution >= 4 is 7.32 Å². The van der Waals surface area contributed by atoms with Gasteiger partial charge < -0.3 is 14.0 Å². The van der Waals surface area contributed by atoms with Gasteiger partial charge in [-0.15, -0.1) is 0 Å². The van der Waals surface area contributed by atoms with E-state index >= 15 is 0 Å². The van der Waals surface area contributed by atoms with Gasteiger partial charge in [0.1, 0.15) is 0 Å². The van der Waals surface area contributed by atoms with Crippen molar-refractivity contribution in [3.8, 4) is 0 Å². The molecule has 1 rings (SSSR count). The molecule has 0 aromatic carbocycles. The van der Waals surface area contributed by atoms with Crippen molar-refractivity contribution in [2.45, 2.75) is 104 Å². The quantitative estimate of drug-likeness (QED) is 0.594. The fourth-order valence-electron chi connectivity index (χ4n) is 2.63. The van der Waals surface area contributed by atoms with Gasteiger partial charge in [-0.2, -0.15) is 0 Å². The van der Waals surface area contributed by atoms with E-state index in [1.807, 2.05) is 27.7 Å². The highest BCUT2D eigenvalue weighted by Gasteiger charge is 2.27. The molecule has 0 aliphatic heterocycles. The molecule has 0 atom stereocenters. The SMILES string of the molecule is CC(C)OB(OC1=CCCCCCCCCCC1)OC(C)C. The van der Waals surface area contributed by atoms with Gasteiger partial charge in [0.15, 0.2) is 0 Å². The minimum Gasteiger partial charge on any atom is -0.516 e. The standard InChI is InChI=1S/C18H35BO3/c1-16(2)20-19(21-17(3)4)22-18-14-12-10-8-6-5-7-9-11-13-15-18/h14,16-17H,5-13,15H2,1-4H3. The van der Waals surface area contributed by atoms with Crippen LogP contribution in [0.15, 0.2) is 11.8 Å². The molecule has 0 spiro atoms. The lowest BCUT2D eigenvalue weighted by Crippen LogP contribution is -2.32. The lowest BCUT2D eigenvalue weighted by atomic mass is 10.0. The summed E-state index contributed by atoms with van der Waals surface area (Å²) in [6, 6.07) is 0. The van der Waals surface area contributed by atoms with E-state index < -0.39 is 7.32 Å². The summed E-state index contributed by atoms with van der Waals surface area (Å²) in [7, 11) is -0.584. The van der Waals surface area contributed by atoms with Gasteiger partial charge >= 0.3 is 7.32 Å². The third-order valence-corrected chi connectivity index (χ3v) is 3.76. The molecular weight excluding hydrogens is 275 g/mol. The second-order valence-electron chi connectivity index (χ2n) is 6.81. The van der Waals surface area contributed by atoms with Gasteiger partial charge in [-0.05, 0) is 53.0 Å². The first-order valence-corrected chi connectivity index (χ1v) is 9.24. The second kappa shape index (κ2) is 12.0. The lowest BCUT2D eigenvalue weighted by Gasteiger charge is -2.21. The van der Waals surface area contributed by atoms with Crippen molar-refractivity contribution in [2.24, 2.45) is 0 Å². The van der Waals surface area contributed by atoms with Crippen LogP contribution in [0.1, 0.15) is 91.9 Å². The Labute approximate surface area is 138 Å². The fourth-order valence-corrected chi connectivity index (χ4v) is 2.63. The average Bonchev–Trinajstić information content (AvgIpc) is 2.40. The predicted octanol–water partition coefficient (Wildman–Crippen LogP) is 5.64. The second-order valence-corrected chi connectivity index (χ2v) is 6.81. The summed E-state index contributed by atoms with van der Waals surface area (Å²) in [5, 5.41) is 0. The molecule has 22 heavy (non-hydrogen) atoms. The molecule has 0 fully saturated rings. The van der Waals surface area contributed by atoms with Gasteiger partial charge in [-0.1, -0.05) is 38.5 Å². The Bertz CT molecular complexity index is 293. The van der Waals surface area contributed by atoms with Crippen molar-refractivity contribution in [1.29, 1.82) is 0 Å². The Hall–Kier alpha value is -0.475. The normalized spacial score (nSPS) is 18.5. The van der Waals surface area contributed by atoms with E-state index in [-0.39, 0.29) is 12.2 Å². The zero-order valence-electron chi connectivity index (χ0n) is 15.1. The summed E-state index contributed by atoms with van der Waals surface area (Å²) in [4.78, 5) is 0. The smallest absolute Gasteiger partial charge is 0.516 e. The van der Waals surface area contributed by atoms with Crippen LogP contribution in [0.2, 0.25) is 0 Å². The molecule has 4 heteroatoms. The first kappa shape index (κ1) is 19.6. The zero-order valence-corrected chi connectivity index (χ0v) is 15.1. The number of hydrogen-bond donors (Lipinski definition) is 0. The highest BCUT2D eigenvalue weighted by molar-refractivity contribution is 6.36. The average molecular weight is 310 g/mol. The first-order chi connectivity index (χ1) is 10.6. The summed E-state index contributed by atoms with van der Waals surface area (Å²) in [6.07, 6.45) is 15.1. The van der Waals surface area contributed by atoms with E-state index in [0.29, 0.717) is 0 Å². The molecule has 3 nitrogen and oxygen atoms in total. The van der Waals surface area contributed by atoms with Crippen molar-refractivity contribution in [2.75, 3.05) is 0 Å². The van der Waals surface area contributed by atoms with Gasteiger partial charge in [0.2, 0.25) is 0 Å². The van der Waals surface area contributed by atoms with Crippen molar-refractivity contribution in [3.63, 3.8) is 0 Å². The molecule has 0 aromatic rings. The van der Waals surface area contributed by atoms with E-state index in [1.165, 1.54) is 51.4 Å². The molecular formula is C18H35BO3. The minimum absolute atomic E-state index is 0.0931. The van der Waals surface area contributed by atoms with Crippen LogP contribution in [0.4, 0.5) is 0 Å². The summed E-state index contributed by atoms with van der Waals surface area (Å²) in [6.45, 7) is 8.04. The largest absolute Gasteiger partial charge is 0.713 e. The topological polar surface area (TPSA) is 27.7 Å². The summed E-state index contributed by atoms with van der Waals surface area (Å²) < 4.78 is 17.5. The molecule has 0 saturated heterocycles. The molecule has 0 amide bonds. The Kier molecular flexibility index (Phi) is 10.7. The molecule has 0 unspecified atom stereocenters. The molecule has 0 N–H and O–H groups in total. The van der Waals surface area contributed by atoms with E-state index in [4.69, 9.17) is 14.0 Å². The van der Waals surface area contributed by atoms with Crippen LogP contribution in [-0.2, 0) is 14.0 Å². The van der Waals surface area contributed by atoms with Crippen molar-refractivity contribution in [3.05, 3.63) is 11.8 Å². The highest BCUT2D eigenvalue weighted by Crippen LogP contribution is 2.19. The number of rotatable bonds is 6. The molecule has 1 aliphatic carbocycles. The van der Waals surface area contributed by atoms with Gasteiger partial charge in [0, 0.05) is 18.6 Å². The van der Waals surface area contributed by atoms with Crippen LogP contribution in [0, 0.1) is 0 Å². The zero-order chi connectivity index (χ0) is 16.2. The van der Waals surface area contributed by atoms with E-state index in [9.17, 15) is 0 Å². The van der Waals surface area contributed by atoms with Gasteiger partial charge in [0.25, 0.3) is 0 Å². The summed E-state index contributed by atoms with van der Waals surface area (Å²) >= 11 is 0. The Balaban J connectivity index is 2.56. The van der Waals surface area contributed by atoms with Crippen LogP contribution in [0.5, 0.6) is 0 Å². The predicted molar refractivity (Wildman–Crippen MR) is 93.5 cm³/mol. The van der Waals surface area contributed by atoms with E-state index in [2.05, 4.69) is 6.08 Å². The number of hydrogen-bond acceptors (Lipinski definition) is 3. The molecule has 0 aromatic heterocycles. The van der Waals surface area contributed by atoms with Crippen LogP contribution in [-0.4, -0.2) is 19.5 Å². The Morgan fingerprint density at radius 2 is 1.27 bits per heavy atom. The molecule has 128 valence electrons. The molecule has 0 radical (unpaired) electrons.